The van der Waals surface area contributed by atoms with E-state index in [1.807, 2.05) is 0 Å². The molecule has 0 aromatic heterocycles. The van der Waals surface area contributed by atoms with Crippen LogP contribution in [0.25, 0.3) is 0 Å². The standard InChI is InChI=1S/C14H19BrClN3O/c15-12-8-11(9-13(16)10-12)14(20)18-2-1-5-19-6-3-17-4-7-19/h8-10,17H,1-7H2,(H,18,20). The van der Waals surface area contributed by atoms with Crippen LogP contribution < -0.4 is 10.6 Å². The number of benzene rings is 1. The van der Waals surface area contributed by atoms with E-state index in [0.717, 1.165) is 43.6 Å². The van der Waals surface area contributed by atoms with Gasteiger partial charge in [0.15, 0.2) is 0 Å². The number of rotatable bonds is 5. The van der Waals surface area contributed by atoms with E-state index in [2.05, 4.69) is 31.5 Å². The lowest BCUT2D eigenvalue weighted by Crippen LogP contribution is -2.44. The Morgan fingerprint density at radius 2 is 2.10 bits per heavy atom. The van der Waals surface area contributed by atoms with Crippen molar-refractivity contribution >= 4 is 33.4 Å². The van der Waals surface area contributed by atoms with E-state index in [9.17, 15) is 4.79 Å². The number of nitrogens with one attached hydrogen (secondary N) is 2. The molecular formula is C14H19BrClN3O. The zero-order valence-corrected chi connectivity index (χ0v) is 13.6. The van der Waals surface area contributed by atoms with Gasteiger partial charge < -0.3 is 15.5 Å². The van der Waals surface area contributed by atoms with Gasteiger partial charge >= 0.3 is 0 Å². The first-order valence-electron chi connectivity index (χ1n) is 6.82. The average molecular weight is 361 g/mol. The van der Waals surface area contributed by atoms with Gasteiger partial charge in [-0.2, -0.15) is 0 Å². The lowest BCUT2D eigenvalue weighted by atomic mass is 10.2. The van der Waals surface area contributed by atoms with Crippen LogP contribution in [0.15, 0.2) is 22.7 Å². The highest BCUT2D eigenvalue weighted by Gasteiger charge is 2.10. The maximum atomic E-state index is 12.0. The van der Waals surface area contributed by atoms with Gasteiger partial charge in [0.2, 0.25) is 0 Å². The molecule has 0 unspecified atom stereocenters. The Kier molecular flexibility index (Phi) is 6.29. The Morgan fingerprint density at radius 3 is 2.80 bits per heavy atom. The number of hydrogen-bond donors (Lipinski definition) is 2. The summed E-state index contributed by atoms with van der Waals surface area (Å²) in [6.45, 7) is 6.02. The molecule has 1 fully saturated rings. The van der Waals surface area contributed by atoms with Gasteiger partial charge in [-0.15, -0.1) is 0 Å². The molecule has 6 heteroatoms. The van der Waals surface area contributed by atoms with Crippen LogP contribution in [0.4, 0.5) is 0 Å². The van der Waals surface area contributed by atoms with E-state index in [0.29, 0.717) is 17.1 Å². The van der Waals surface area contributed by atoms with Crippen LogP contribution in [-0.4, -0.2) is 50.1 Å². The predicted molar refractivity (Wildman–Crippen MR) is 85.4 cm³/mol. The second kappa shape index (κ2) is 7.98. The van der Waals surface area contributed by atoms with Crippen LogP contribution in [0.2, 0.25) is 5.02 Å². The van der Waals surface area contributed by atoms with Crippen LogP contribution >= 0.6 is 27.5 Å². The minimum atomic E-state index is -0.0755. The zero-order valence-electron chi connectivity index (χ0n) is 11.3. The normalized spacial score (nSPS) is 16.1. The smallest absolute Gasteiger partial charge is 0.251 e. The van der Waals surface area contributed by atoms with Crippen molar-refractivity contribution in [1.82, 2.24) is 15.5 Å². The first kappa shape index (κ1) is 15.8. The van der Waals surface area contributed by atoms with Gasteiger partial charge in [-0.25, -0.2) is 0 Å². The Bertz CT molecular complexity index is 443. The summed E-state index contributed by atoms with van der Waals surface area (Å²) in [6, 6.07) is 5.22. The first-order chi connectivity index (χ1) is 9.65. The Balaban J connectivity index is 1.71. The molecule has 0 spiro atoms. The molecule has 1 aromatic rings. The van der Waals surface area contributed by atoms with Gasteiger partial charge in [-0.1, -0.05) is 27.5 Å². The lowest BCUT2D eigenvalue weighted by Gasteiger charge is -2.27. The number of piperazine rings is 1. The van der Waals surface area contributed by atoms with Crippen LogP contribution in [0, 0.1) is 0 Å². The Labute approximate surface area is 133 Å². The summed E-state index contributed by atoms with van der Waals surface area (Å²) < 4.78 is 0.816. The molecule has 1 aromatic carbocycles. The minimum absolute atomic E-state index is 0.0755. The molecule has 0 radical (unpaired) electrons. The molecule has 0 aliphatic carbocycles. The summed E-state index contributed by atoms with van der Waals surface area (Å²) in [5.74, 6) is -0.0755. The van der Waals surface area contributed by atoms with Crippen molar-refractivity contribution in [3.63, 3.8) is 0 Å². The molecule has 2 rings (SSSR count). The van der Waals surface area contributed by atoms with E-state index >= 15 is 0 Å². The van der Waals surface area contributed by atoms with E-state index in [1.54, 1.807) is 18.2 Å². The number of carbonyl (C=O) groups is 1. The van der Waals surface area contributed by atoms with Gasteiger partial charge in [-0.3, -0.25) is 4.79 Å². The summed E-state index contributed by atoms with van der Waals surface area (Å²) in [5, 5.41) is 6.82. The van der Waals surface area contributed by atoms with Crippen molar-refractivity contribution in [3.8, 4) is 0 Å². The highest BCUT2D eigenvalue weighted by molar-refractivity contribution is 9.10. The maximum Gasteiger partial charge on any atom is 0.251 e. The molecule has 1 amide bonds. The van der Waals surface area contributed by atoms with Gasteiger partial charge in [0.1, 0.15) is 0 Å². The number of hydrogen-bond acceptors (Lipinski definition) is 3. The molecule has 1 aliphatic heterocycles. The summed E-state index contributed by atoms with van der Waals surface area (Å²) in [7, 11) is 0. The SMILES string of the molecule is O=C(NCCCN1CCNCC1)c1cc(Cl)cc(Br)c1. The predicted octanol–water partition coefficient (Wildman–Crippen LogP) is 2.13. The van der Waals surface area contributed by atoms with Gasteiger partial charge in [0, 0.05) is 47.8 Å². The number of halogens is 2. The molecule has 0 bridgehead atoms. The topological polar surface area (TPSA) is 44.4 Å². The zero-order chi connectivity index (χ0) is 14.4. The lowest BCUT2D eigenvalue weighted by molar-refractivity contribution is 0.0951. The van der Waals surface area contributed by atoms with Crippen molar-refractivity contribution in [3.05, 3.63) is 33.3 Å². The minimum Gasteiger partial charge on any atom is -0.352 e. The maximum absolute atomic E-state index is 12.0. The van der Waals surface area contributed by atoms with E-state index in [4.69, 9.17) is 11.6 Å². The molecule has 110 valence electrons. The van der Waals surface area contributed by atoms with Gasteiger partial charge in [0.25, 0.3) is 5.91 Å². The second-order valence-corrected chi connectivity index (χ2v) is 6.21. The van der Waals surface area contributed by atoms with Crippen LogP contribution in [-0.2, 0) is 0 Å². The Morgan fingerprint density at radius 1 is 1.35 bits per heavy atom. The number of carbonyl (C=O) groups excluding carboxylic acids is 1. The van der Waals surface area contributed by atoms with E-state index in [1.165, 1.54) is 0 Å². The van der Waals surface area contributed by atoms with Crippen molar-refractivity contribution in [2.24, 2.45) is 0 Å². The summed E-state index contributed by atoms with van der Waals surface area (Å²) in [5.41, 5.74) is 0.589. The van der Waals surface area contributed by atoms with Gasteiger partial charge in [0.05, 0.1) is 0 Å². The van der Waals surface area contributed by atoms with Crippen molar-refractivity contribution in [1.29, 1.82) is 0 Å². The highest BCUT2D eigenvalue weighted by Crippen LogP contribution is 2.19. The first-order valence-corrected chi connectivity index (χ1v) is 7.99. The third kappa shape index (κ3) is 5.05. The molecule has 0 atom stereocenters. The monoisotopic (exact) mass is 359 g/mol. The molecule has 4 nitrogen and oxygen atoms in total. The average Bonchev–Trinajstić information content (AvgIpc) is 2.43. The molecule has 20 heavy (non-hydrogen) atoms. The quantitative estimate of drug-likeness (QED) is 0.791. The summed E-state index contributed by atoms with van der Waals surface area (Å²) in [4.78, 5) is 14.4. The van der Waals surface area contributed by atoms with Crippen molar-refractivity contribution < 1.29 is 4.79 Å². The van der Waals surface area contributed by atoms with Gasteiger partial charge in [-0.05, 0) is 31.2 Å². The van der Waals surface area contributed by atoms with Crippen molar-refractivity contribution in [2.75, 3.05) is 39.3 Å². The van der Waals surface area contributed by atoms with E-state index < -0.39 is 0 Å². The van der Waals surface area contributed by atoms with Crippen LogP contribution in [0.5, 0.6) is 0 Å². The molecule has 0 saturated carbocycles. The number of amides is 1. The number of nitrogens with zero attached hydrogens (tertiary/aromatic N) is 1. The largest absolute Gasteiger partial charge is 0.352 e. The Hall–Kier alpha value is -0.620. The molecular weight excluding hydrogens is 342 g/mol. The third-order valence-electron chi connectivity index (χ3n) is 3.27. The second-order valence-electron chi connectivity index (χ2n) is 4.86. The fourth-order valence-corrected chi connectivity index (χ4v) is 3.09. The highest BCUT2D eigenvalue weighted by atomic mass is 79.9. The molecule has 1 saturated heterocycles. The summed E-state index contributed by atoms with van der Waals surface area (Å²) >= 11 is 9.27. The molecule has 2 N–H and O–H groups in total. The van der Waals surface area contributed by atoms with Crippen LogP contribution in [0.1, 0.15) is 16.8 Å². The fourth-order valence-electron chi connectivity index (χ4n) is 2.23. The summed E-state index contributed by atoms with van der Waals surface area (Å²) in [6.07, 6.45) is 0.966. The molecule has 1 heterocycles. The van der Waals surface area contributed by atoms with Crippen LogP contribution in [0.3, 0.4) is 0 Å². The van der Waals surface area contributed by atoms with E-state index in [-0.39, 0.29) is 5.91 Å². The third-order valence-corrected chi connectivity index (χ3v) is 3.95. The fraction of sp³-hybridized carbons (Fsp3) is 0.500. The molecule has 1 aliphatic rings. The van der Waals surface area contributed by atoms with Crippen molar-refractivity contribution in [2.45, 2.75) is 6.42 Å².